The smallest absolute Gasteiger partial charge is 0.341 e. The molecule has 4 aromatic rings. The van der Waals surface area contributed by atoms with Gasteiger partial charge in [0, 0.05) is 36.2 Å². The average Bonchev–Trinajstić information content (AvgIpc) is 3.29. The maximum absolute atomic E-state index is 14.9. The van der Waals surface area contributed by atoms with Crippen LogP contribution in [0, 0.1) is 5.82 Å². The molecule has 0 spiro atoms. The fourth-order valence-electron chi connectivity index (χ4n) is 4.38. The molecular formula is C25H24FN5O3. The van der Waals surface area contributed by atoms with E-state index in [9.17, 15) is 14.3 Å². The predicted molar refractivity (Wildman–Crippen MR) is 122 cm³/mol. The number of carbonyl (C=O) groups excluding carboxylic acids is 1. The first-order chi connectivity index (χ1) is 16.5. The Morgan fingerprint density at radius 2 is 2.06 bits per heavy atom. The molecule has 174 valence electrons. The molecule has 0 radical (unpaired) electrons. The van der Waals surface area contributed by atoms with Crippen LogP contribution >= 0.6 is 0 Å². The molecule has 8 nitrogen and oxygen atoms in total. The number of nitrogens with zero attached hydrogens (tertiary/aromatic N) is 5. The number of esters is 1. The van der Waals surface area contributed by atoms with Crippen molar-refractivity contribution in [2.45, 2.75) is 31.8 Å². The highest BCUT2D eigenvalue weighted by atomic mass is 19.1. The lowest BCUT2D eigenvalue weighted by atomic mass is 10.0. The number of halogens is 1. The second kappa shape index (κ2) is 8.83. The summed E-state index contributed by atoms with van der Waals surface area (Å²) >= 11 is 0. The molecule has 2 aromatic heterocycles. The zero-order chi connectivity index (χ0) is 23.8. The summed E-state index contributed by atoms with van der Waals surface area (Å²) in [6.07, 6.45) is 4.22. The van der Waals surface area contributed by atoms with E-state index in [1.54, 1.807) is 40.6 Å². The van der Waals surface area contributed by atoms with Crippen LogP contribution in [-0.4, -0.2) is 42.5 Å². The predicted octanol–water partition coefficient (Wildman–Crippen LogP) is 3.75. The third-order valence-corrected chi connectivity index (χ3v) is 6.09. The molecular weight excluding hydrogens is 437 g/mol. The molecule has 1 fully saturated rings. The van der Waals surface area contributed by atoms with E-state index in [4.69, 9.17) is 4.74 Å². The Morgan fingerprint density at radius 3 is 2.79 bits per heavy atom. The highest BCUT2D eigenvalue weighted by Crippen LogP contribution is 2.55. The molecule has 34 heavy (non-hydrogen) atoms. The summed E-state index contributed by atoms with van der Waals surface area (Å²) in [6, 6.07) is 12.3. The van der Waals surface area contributed by atoms with Crippen molar-refractivity contribution < 1.29 is 19.0 Å². The van der Waals surface area contributed by atoms with Gasteiger partial charge in [-0.25, -0.2) is 13.9 Å². The molecule has 0 aliphatic heterocycles. The molecule has 2 heterocycles. The van der Waals surface area contributed by atoms with Gasteiger partial charge < -0.3 is 9.84 Å². The quantitative estimate of drug-likeness (QED) is 0.421. The zero-order valence-corrected chi connectivity index (χ0v) is 18.8. The van der Waals surface area contributed by atoms with Crippen molar-refractivity contribution in [3.63, 3.8) is 0 Å². The number of carbonyl (C=O) groups is 1. The summed E-state index contributed by atoms with van der Waals surface area (Å²) in [5, 5.41) is 22.2. The third-order valence-electron chi connectivity index (χ3n) is 6.09. The monoisotopic (exact) mass is 461 g/mol. The first kappa shape index (κ1) is 22.0. The highest BCUT2D eigenvalue weighted by Gasteiger charge is 2.46. The minimum Gasteiger partial charge on any atom is -0.462 e. The number of aromatic nitrogens is 5. The van der Waals surface area contributed by atoms with Crippen LogP contribution in [0.5, 0.6) is 0 Å². The van der Waals surface area contributed by atoms with E-state index >= 15 is 0 Å². The van der Waals surface area contributed by atoms with E-state index in [1.165, 1.54) is 6.20 Å². The number of aliphatic hydroxyl groups excluding tert-OH is 1. The van der Waals surface area contributed by atoms with Gasteiger partial charge in [-0.2, -0.15) is 5.10 Å². The lowest BCUT2D eigenvalue weighted by Gasteiger charge is -2.12. The first-order valence-electron chi connectivity index (χ1n) is 11.1. The topological polar surface area (TPSA) is 95.1 Å². The first-order valence-corrected chi connectivity index (χ1v) is 11.1. The molecule has 2 aromatic carbocycles. The largest absolute Gasteiger partial charge is 0.462 e. The molecule has 1 saturated carbocycles. The molecule has 0 bridgehead atoms. The molecule has 2 atom stereocenters. The van der Waals surface area contributed by atoms with Gasteiger partial charge in [-0.1, -0.05) is 35.5 Å². The second-order valence-electron chi connectivity index (χ2n) is 8.33. The van der Waals surface area contributed by atoms with Crippen LogP contribution in [0.3, 0.4) is 0 Å². The number of aryl methyl sites for hydroxylation is 1. The van der Waals surface area contributed by atoms with Crippen molar-refractivity contribution in [2.24, 2.45) is 7.05 Å². The Morgan fingerprint density at radius 1 is 1.24 bits per heavy atom. The van der Waals surface area contributed by atoms with Crippen LogP contribution in [0.2, 0.25) is 0 Å². The summed E-state index contributed by atoms with van der Waals surface area (Å²) < 4.78 is 23.6. The van der Waals surface area contributed by atoms with Crippen molar-refractivity contribution in [1.82, 2.24) is 24.8 Å². The number of ether oxygens (including phenoxy) is 1. The minimum absolute atomic E-state index is 0.0247. The van der Waals surface area contributed by atoms with E-state index in [0.29, 0.717) is 22.4 Å². The van der Waals surface area contributed by atoms with Crippen molar-refractivity contribution in [2.75, 3.05) is 6.61 Å². The van der Waals surface area contributed by atoms with Crippen LogP contribution in [0.15, 0.2) is 54.9 Å². The fraction of sp³-hybridized carbons (Fsp3) is 0.280. The average molecular weight is 461 g/mol. The molecule has 0 saturated heterocycles. The zero-order valence-electron chi connectivity index (χ0n) is 18.8. The Kier molecular flexibility index (Phi) is 5.70. The highest BCUT2D eigenvalue weighted by molar-refractivity contribution is 5.91. The number of hydrogen-bond acceptors (Lipinski definition) is 6. The van der Waals surface area contributed by atoms with Crippen molar-refractivity contribution in [3.05, 3.63) is 83.2 Å². The standard InChI is InChI=1S/C25H24FN5O3/c1-3-34-25(33)21-12-27-31(24(21)20-11-19(20)22-13-30(2)29-28-22)17-8-4-6-15(10-17)18-9-5-7-16(14-32)23(18)26/h4-10,12-13,19-20,32H,3,11,14H2,1-2H3/t19-,20-/m0/s1. The van der Waals surface area contributed by atoms with Crippen molar-refractivity contribution in [3.8, 4) is 16.8 Å². The number of benzene rings is 2. The molecule has 1 aliphatic rings. The summed E-state index contributed by atoms with van der Waals surface area (Å²) in [6.45, 7) is 1.65. The van der Waals surface area contributed by atoms with Crippen LogP contribution in [0.25, 0.3) is 16.8 Å². The van der Waals surface area contributed by atoms with Crippen LogP contribution in [0.4, 0.5) is 4.39 Å². The molecule has 5 rings (SSSR count). The van der Waals surface area contributed by atoms with Gasteiger partial charge in [-0.05, 0) is 31.0 Å². The maximum atomic E-state index is 14.9. The van der Waals surface area contributed by atoms with Gasteiger partial charge in [-0.3, -0.25) is 4.68 Å². The van der Waals surface area contributed by atoms with Crippen molar-refractivity contribution in [1.29, 1.82) is 0 Å². The maximum Gasteiger partial charge on any atom is 0.341 e. The van der Waals surface area contributed by atoms with E-state index in [2.05, 4.69) is 15.4 Å². The lowest BCUT2D eigenvalue weighted by Crippen LogP contribution is -2.09. The normalized spacial score (nSPS) is 17.1. The fourth-order valence-corrected chi connectivity index (χ4v) is 4.38. The van der Waals surface area contributed by atoms with E-state index in [0.717, 1.165) is 17.8 Å². The number of rotatable bonds is 7. The van der Waals surface area contributed by atoms with Gasteiger partial charge in [-0.15, -0.1) is 5.10 Å². The Bertz CT molecular complexity index is 1360. The van der Waals surface area contributed by atoms with E-state index < -0.39 is 11.8 Å². The van der Waals surface area contributed by atoms with Gasteiger partial charge in [0.25, 0.3) is 0 Å². The van der Waals surface area contributed by atoms with Gasteiger partial charge in [0.1, 0.15) is 11.4 Å². The van der Waals surface area contributed by atoms with Gasteiger partial charge >= 0.3 is 5.97 Å². The molecule has 1 N–H and O–H groups in total. The summed E-state index contributed by atoms with van der Waals surface area (Å²) in [4.78, 5) is 12.7. The van der Waals surface area contributed by atoms with Crippen molar-refractivity contribution >= 4 is 5.97 Å². The molecule has 0 unspecified atom stereocenters. The minimum atomic E-state index is -0.458. The Labute approximate surface area is 195 Å². The Hall–Kier alpha value is -3.85. The van der Waals surface area contributed by atoms with Crippen LogP contribution in [0.1, 0.15) is 52.5 Å². The van der Waals surface area contributed by atoms with Gasteiger partial charge in [0.2, 0.25) is 0 Å². The second-order valence-corrected chi connectivity index (χ2v) is 8.33. The molecule has 9 heteroatoms. The van der Waals surface area contributed by atoms with E-state index in [1.807, 2.05) is 31.4 Å². The number of hydrogen-bond donors (Lipinski definition) is 1. The summed E-state index contributed by atoms with van der Waals surface area (Å²) in [7, 11) is 1.82. The molecule has 1 aliphatic carbocycles. The van der Waals surface area contributed by atoms with Gasteiger partial charge in [0.15, 0.2) is 0 Å². The van der Waals surface area contributed by atoms with E-state index in [-0.39, 0.29) is 30.6 Å². The summed E-state index contributed by atoms with van der Waals surface area (Å²) in [5.74, 6) is -0.734. The van der Waals surface area contributed by atoms with Crippen LogP contribution < -0.4 is 0 Å². The van der Waals surface area contributed by atoms with Gasteiger partial charge in [0.05, 0.1) is 36.5 Å². The number of aliphatic hydroxyl groups is 1. The SMILES string of the molecule is CCOC(=O)c1cnn(-c2cccc(-c3cccc(CO)c3F)c2)c1[C@H]1C[C@@H]1c1cn(C)nn1. The summed E-state index contributed by atoms with van der Waals surface area (Å²) in [5.41, 5.74) is 3.99. The third kappa shape index (κ3) is 3.88. The lowest BCUT2D eigenvalue weighted by molar-refractivity contribution is 0.0525. The molecule has 0 amide bonds. The Balaban J connectivity index is 1.57. The van der Waals surface area contributed by atoms with Crippen LogP contribution in [-0.2, 0) is 18.4 Å².